The van der Waals surface area contributed by atoms with Crippen molar-refractivity contribution in [3.63, 3.8) is 0 Å². The second-order valence-corrected chi connectivity index (χ2v) is 5.98. The van der Waals surface area contributed by atoms with Gasteiger partial charge in [-0.15, -0.1) is 0 Å². The number of esters is 2. The van der Waals surface area contributed by atoms with E-state index in [0.717, 1.165) is 0 Å². The van der Waals surface area contributed by atoms with Gasteiger partial charge in [-0.1, -0.05) is 0 Å². The molecule has 0 aromatic rings. The quantitative estimate of drug-likeness (QED) is 0.573. The third-order valence-electron chi connectivity index (χ3n) is 3.15. The number of rotatable bonds is 3. The summed E-state index contributed by atoms with van der Waals surface area (Å²) in [5.74, 6) is -2.62. The Morgan fingerprint density at radius 3 is 1.67 bits per heavy atom. The van der Waals surface area contributed by atoms with E-state index in [4.69, 9.17) is 4.55 Å². The van der Waals surface area contributed by atoms with Crippen LogP contribution in [0.1, 0.15) is 19.3 Å². The molecule has 0 bridgehead atoms. The lowest BCUT2D eigenvalue weighted by atomic mass is 9.81. The highest BCUT2D eigenvalue weighted by Gasteiger charge is 2.41. The van der Waals surface area contributed by atoms with Crippen molar-refractivity contribution in [1.82, 2.24) is 0 Å². The lowest BCUT2D eigenvalue weighted by Crippen LogP contribution is -2.38. The van der Waals surface area contributed by atoms with Crippen LogP contribution in [0.15, 0.2) is 0 Å². The van der Waals surface area contributed by atoms with Crippen molar-refractivity contribution < 1.29 is 32.0 Å². The number of ether oxygens (including phenoxy) is 2. The zero-order valence-corrected chi connectivity index (χ0v) is 11.0. The van der Waals surface area contributed by atoms with E-state index < -0.39 is 39.1 Å². The molecule has 8 heteroatoms. The maximum Gasteiger partial charge on any atom is 0.308 e. The van der Waals surface area contributed by atoms with E-state index in [1.165, 1.54) is 14.2 Å². The number of hydrogen-bond acceptors (Lipinski definition) is 6. The predicted molar refractivity (Wildman–Crippen MR) is 60.2 cm³/mol. The Kier molecular flexibility index (Phi) is 4.69. The van der Waals surface area contributed by atoms with E-state index in [2.05, 4.69) is 9.47 Å². The van der Waals surface area contributed by atoms with Crippen LogP contribution in [0.2, 0.25) is 0 Å². The number of carbonyl (C=O) groups excluding carboxylic acids is 2. The molecule has 104 valence electrons. The fourth-order valence-electron chi connectivity index (χ4n) is 2.23. The molecule has 1 saturated carbocycles. The van der Waals surface area contributed by atoms with Crippen LogP contribution < -0.4 is 0 Å². The smallest absolute Gasteiger partial charge is 0.308 e. The minimum absolute atomic E-state index is 0.0427. The van der Waals surface area contributed by atoms with Gasteiger partial charge in [0.2, 0.25) is 0 Å². The van der Waals surface area contributed by atoms with Crippen molar-refractivity contribution in [2.45, 2.75) is 24.5 Å². The van der Waals surface area contributed by atoms with Crippen molar-refractivity contribution in [2.75, 3.05) is 14.2 Å². The van der Waals surface area contributed by atoms with Crippen LogP contribution in [-0.2, 0) is 29.2 Å². The second-order valence-electron chi connectivity index (χ2n) is 4.28. The third kappa shape index (κ3) is 3.42. The minimum atomic E-state index is -4.29. The van der Waals surface area contributed by atoms with Crippen molar-refractivity contribution in [2.24, 2.45) is 11.8 Å². The molecule has 1 rings (SSSR count). The molecule has 0 saturated heterocycles. The first-order valence-electron chi connectivity index (χ1n) is 5.41. The molecular weight excluding hydrogens is 264 g/mol. The molecule has 0 aromatic carbocycles. The molecule has 7 nitrogen and oxygen atoms in total. The van der Waals surface area contributed by atoms with Crippen LogP contribution in [0.5, 0.6) is 0 Å². The third-order valence-corrected chi connectivity index (χ3v) is 4.38. The number of hydrogen-bond donors (Lipinski definition) is 1. The van der Waals surface area contributed by atoms with Crippen LogP contribution in [0.25, 0.3) is 0 Å². The Hall–Kier alpha value is -1.15. The standard InChI is InChI=1S/C10H16O7S/c1-16-9(11)6-3-7(10(12)17-2)5-8(4-6)18(13,14)15/h6-8H,3-5H2,1-2H3,(H,13,14,15). The minimum Gasteiger partial charge on any atom is -0.469 e. The molecule has 0 aromatic heterocycles. The Morgan fingerprint density at radius 2 is 1.39 bits per heavy atom. The Balaban J connectivity index is 2.92. The first kappa shape index (κ1) is 14.9. The molecule has 2 unspecified atom stereocenters. The van der Waals surface area contributed by atoms with Gasteiger partial charge >= 0.3 is 11.9 Å². The highest BCUT2D eigenvalue weighted by Crippen LogP contribution is 2.34. The van der Waals surface area contributed by atoms with Gasteiger partial charge in [-0.2, -0.15) is 8.42 Å². The summed E-state index contributed by atoms with van der Waals surface area (Å²) in [5, 5.41) is -1.14. The Labute approximate surface area is 105 Å². The molecule has 0 aliphatic heterocycles. The molecule has 0 radical (unpaired) electrons. The van der Waals surface area contributed by atoms with Gasteiger partial charge in [0.25, 0.3) is 10.1 Å². The summed E-state index contributed by atoms with van der Waals surface area (Å²) < 4.78 is 40.4. The fourth-order valence-corrected chi connectivity index (χ4v) is 3.18. The normalized spacial score (nSPS) is 28.5. The van der Waals surface area contributed by atoms with Gasteiger partial charge in [0.15, 0.2) is 0 Å². The number of methoxy groups -OCH3 is 2. The zero-order valence-electron chi connectivity index (χ0n) is 10.2. The van der Waals surface area contributed by atoms with Crippen molar-refractivity contribution in [3.8, 4) is 0 Å². The van der Waals surface area contributed by atoms with E-state index in [-0.39, 0.29) is 19.3 Å². The summed E-state index contributed by atoms with van der Waals surface area (Å²) in [6.07, 6.45) is 0.0867. The molecule has 18 heavy (non-hydrogen) atoms. The molecule has 1 aliphatic rings. The summed E-state index contributed by atoms with van der Waals surface area (Å²) in [5.41, 5.74) is 0. The fraction of sp³-hybridized carbons (Fsp3) is 0.800. The summed E-state index contributed by atoms with van der Waals surface area (Å²) in [6, 6.07) is 0. The van der Waals surface area contributed by atoms with Crippen molar-refractivity contribution in [3.05, 3.63) is 0 Å². The Morgan fingerprint density at radius 1 is 1.00 bits per heavy atom. The lowest BCUT2D eigenvalue weighted by molar-refractivity contribution is -0.151. The van der Waals surface area contributed by atoms with Crippen molar-refractivity contribution >= 4 is 22.1 Å². The van der Waals surface area contributed by atoms with Gasteiger partial charge in [0.05, 0.1) is 31.3 Å². The maximum atomic E-state index is 11.4. The summed E-state index contributed by atoms with van der Waals surface area (Å²) in [7, 11) is -1.92. The molecule has 0 heterocycles. The largest absolute Gasteiger partial charge is 0.469 e. The van der Waals surface area contributed by atoms with Crippen LogP contribution >= 0.6 is 0 Å². The first-order chi connectivity index (χ1) is 8.29. The zero-order chi connectivity index (χ0) is 13.9. The van der Waals surface area contributed by atoms with Crippen molar-refractivity contribution in [1.29, 1.82) is 0 Å². The Bertz CT molecular complexity index is 404. The highest BCUT2D eigenvalue weighted by molar-refractivity contribution is 7.86. The molecule has 1 fully saturated rings. The van der Waals surface area contributed by atoms with E-state index in [0.29, 0.717) is 0 Å². The van der Waals surface area contributed by atoms with E-state index in [1.807, 2.05) is 0 Å². The van der Waals surface area contributed by atoms with Crippen LogP contribution in [-0.4, -0.2) is 44.4 Å². The van der Waals surface area contributed by atoms with Gasteiger partial charge in [-0.3, -0.25) is 14.1 Å². The maximum absolute atomic E-state index is 11.4. The predicted octanol–water partition coefficient (Wildman–Crippen LogP) is 0.00510. The summed E-state index contributed by atoms with van der Waals surface area (Å²) in [4.78, 5) is 22.9. The summed E-state index contributed by atoms with van der Waals surface area (Å²) in [6.45, 7) is 0. The lowest BCUT2D eigenvalue weighted by Gasteiger charge is -2.30. The second kappa shape index (κ2) is 5.66. The monoisotopic (exact) mass is 280 g/mol. The van der Waals surface area contributed by atoms with Crippen LogP contribution in [0, 0.1) is 11.8 Å². The average molecular weight is 280 g/mol. The van der Waals surface area contributed by atoms with Crippen LogP contribution in [0.4, 0.5) is 0 Å². The molecule has 0 spiro atoms. The van der Waals surface area contributed by atoms with E-state index in [1.54, 1.807) is 0 Å². The van der Waals surface area contributed by atoms with Gasteiger partial charge in [0, 0.05) is 0 Å². The summed E-state index contributed by atoms with van der Waals surface area (Å²) >= 11 is 0. The van der Waals surface area contributed by atoms with Gasteiger partial charge < -0.3 is 9.47 Å². The molecule has 1 aliphatic carbocycles. The number of carbonyl (C=O) groups is 2. The van der Waals surface area contributed by atoms with E-state index >= 15 is 0 Å². The first-order valence-corrected chi connectivity index (χ1v) is 6.91. The topological polar surface area (TPSA) is 107 Å². The van der Waals surface area contributed by atoms with Gasteiger partial charge in [-0.25, -0.2) is 0 Å². The molecular formula is C10H16O7S. The molecule has 2 atom stereocenters. The average Bonchev–Trinajstić information content (AvgIpc) is 2.35. The molecule has 0 amide bonds. The van der Waals surface area contributed by atoms with Gasteiger partial charge in [-0.05, 0) is 19.3 Å². The SMILES string of the molecule is COC(=O)C1CC(C(=O)OC)CC(S(=O)(=O)O)C1. The van der Waals surface area contributed by atoms with Crippen LogP contribution in [0.3, 0.4) is 0 Å². The van der Waals surface area contributed by atoms with E-state index in [9.17, 15) is 18.0 Å². The molecule has 1 N–H and O–H groups in total. The van der Waals surface area contributed by atoms with Gasteiger partial charge in [0.1, 0.15) is 0 Å². The highest BCUT2D eigenvalue weighted by atomic mass is 32.2.